The molecule has 0 aromatic heterocycles. The van der Waals surface area contributed by atoms with E-state index in [0.29, 0.717) is 12.0 Å². The van der Waals surface area contributed by atoms with Crippen LogP contribution < -0.4 is 0 Å². The Bertz CT molecular complexity index is 293. The zero-order chi connectivity index (χ0) is 12.3. The Balaban J connectivity index is 1.87. The van der Waals surface area contributed by atoms with E-state index in [1.165, 1.54) is 32.1 Å². The SMILES string of the molecule is O=C(O)CC(=O)N(CC1CCCCC1)C1CC1. The molecule has 0 aromatic carbocycles. The van der Waals surface area contributed by atoms with Crippen LogP contribution in [0.25, 0.3) is 0 Å². The van der Waals surface area contributed by atoms with E-state index in [-0.39, 0.29) is 12.3 Å². The minimum absolute atomic E-state index is 0.189. The Labute approximate surface area is 102 Å². The molecule has 0 bridgehead atoms. The van der Waals surface area contributed by atoms with Crippen molar-refractivity contribution >= 4 is 11.9 Å². The van der Waals surface area contributed by atoms with Gasteiger partial charge in [0.2, 0.25) is 5.91 Å². The van der Waals surface area contributed by atoms with Gasteiger partial charge in [-0.15, -0.1) is 0 Å². The van der Waals surface area contributed by atoms with Gasteiger partial charge in [-0.25, -0.2) is 0 Å². The zero-order valence-corrected chi connectivity index (χ0v) is 10.2. The molecule has 1 N–H and O–H groups in total. The van der Waals surface area contributed by atoms with Gasteiger partial charge in [0.25, 0.3) is 0 Å². The number of aliphatic carboxylic acids is 1. The van der Waals surface area contributed by atoms with Crippen LogP contribution in [-0.4, -0.2) is 34.5 Å². The average Bonchev–Trinajstić information content (AvgIpc) is 3.10. The van der Waals surface area contributed by atoms with Gasteiger partial charge in [0.1, 0.15) is 6.42 Å². The molecule has 2 aliphatic rings. The van der Waals surface area contributed by atoms with Gasteiger partial charge in [-0.1, -0.05) is 19.3 Å². The van der Waals surface area contributed by atoms with Crippen molar-refractivity contribution in [2.45, 2.75) is 57.4 Å². The molecule has 0 radical (unpaired) electrons. The smallest absolute Gasteiger partial charge is 0.312 e. The van der Waals surface area contributed by atoms with Crippen LogP contribution in [-0.2, 0) is 9.59 Å². The predicted octanol–water partition coefficient (Wildman–Crippen LogP) is 2.03. The van der Waals surface area contributed by atoms with Gasteiger partial charge in [-0.3, -0.25) is 9.59 Å². The number of nitrogens with zero attached hydrogens (tertiary/aromatic N) is 1. The molecule has 0 spiro atoms. The summed E-state index contributed by atoms with van der Waals surface area (Å²) in [5.74, 6) is -0.600. The van der Waals surface area contributed by atoms with E-state index < -0.39 is 5.97 Å². The van der Waals surface area contributed by atoms with Crippen LogP contribution in [0.3, 0.4) is 0 Å². The van der Waals surface area contributed by atoms with Gasteiger partial charge in [0, 0.05) is 12.6 Å². The van der Waals surface area contributed by atoms with Gasteiger partial charge < -0.3 is 10.0 Å². The minimum Gasteiger partial charge on any atom is -0.481 e. The van der Waals surface area contributed by atoms with E-state index in [1.807, 2.05) is 4.90 Å². The van der Waals surface area contributed by atoms with Crippen molar-refractivity contribution in [3.05, 3.63) is 0 Å². The summed E-state index contributed by atoms with van der Waals surface area (Å²) in [6, 6.07) is 0.337. The first-order chi connectivity index (χ1) is 8.16. The van der Waals surface area contributed by atoms with E-state index in [0.717, 1.165) is 19.4 Å². The van der Waals surface area contributed by atoms with E-state index in [1.54, 1.807) is 0 Å². The maximum atomic E-state index is 11.9. The van der Waals surface area contributed by atoms with Gasteiger partial charge in [-0.05, 0) is 31.6 Å². The molecule has 4 heteroatoms. The molecule has 0 unspecified atom stereocenters. The highest BCUT2D eigenvalue weighted by Gasteiger charge is 2.34. The molecular formula is C13H21NO3. The van der Waals surface area contributed by atoms with Gasteiger partial charge in [-0.2, -0.15) is 0 Å². The van der Waals surface area contributed by atoms with Crippen LogP contribution in [0.1, 0.15) is 51.4 Å². The van der Waals surface area contributed by atoms with Crippen molar-refractivity contribution in [1.29, 1.82) is 0 Å². The third-order valence-electron chi connectivity index (χ3n) is 3.79. The zero-order valence-electron chi connectivity index (χ0n) is 10.2. The lowest BCUT2D eigenvalue weighted by atomic mass is 9.89. The third kappa shape index (κ3) is 3.72. The highest BCUT2D eigenvalue weighted by Crippen LogP contribution is 2.31. The van der Waals surface area contributed by atoms with Crippen LogP contribution in [0.2, 0.25) is 0 Å². The lowest BCUT2D eigenvalue weighted by Crippen LogP contribution is -2.38. The number of carbonyl (C=O) groups is 2. The molecule has 2 rings (SSSR count). The van der Waals surface area contributed by atoms with E-state index >= 15 is 0 Å². The Hall–Kier alpha value is -1.06. The number of hydrogen-bond acceptors (Lipinski definition) is 2. The number of carboxylic acid groups (broad SMARTS) is 1. The molecule has 0 heterocycles. The molecule has 2 saturated carbocycles. The lowest BCUT2D eigenvalue weighted by Gasteiger charge is -2.29. The van der Waals surface area contributed by atoms with Gasteiger partial charge in [0.05, 0.1) is 0 Å². The molecular weight excluding hydrogens is 218 g/mol. The fraction of sp³-hybridized carbons (Fsp3) is 0.846. The Morgan fingerprint density at radius 3 is 2.24 bits per heavy atom. The summed E-state index contributed by atoms with van der Waals surface area (Å²) in [5.41, 5.74) is 0. The topological polar surface area (TPSA) is 57.6 Å². The monoisotopic (exact) mass is 239 g/mol. The maximum absolute atomic E-state index is 11.9. The van der Waals surface area contributed by atoms with Crippen molar-refractivity contribution in [2.75, 3.05) is 6.54 Å². The molecule has 0 aliphatic heterocycles. The molecule has 0 atom stereocenters. The van der Waals surface area contributed by atoms with Crippen LogP contribution in [0, 0.1) is 5.92 Å². The maximum Gasteiger partial charge on any atom is 0.312 e. The Morgan fingerprint density at radius 1 is 1.06 bits per heavy atom. The molecule has 2 fully saturated rings. The van der Waals surface area contributed by atoms with Crippen molar-refractivity contribution in [1.82, 2.24) is 4.90 Å². The van der Waals surface area contributed by atoms with E-state index in [4.69, 9.17) is 5.11 Å². The summed E-state index contributed by atoms with van der Waals surface area (Å²) in [4.78, 5) is 24.3. The molecule has 4 nitrogen and oxygen atoms in total. The van der Waals surface area contributed by atoms with Crippen LogP contribution >= 0.6 is 0 Å². The fourth-order valence-corrected chi connectivity index (χ4v) is 2.72. The van der Waals surface area contributed by atoms with E-state index in [9.17, 15) is 9.59 Å². The minimum atomic E-state index is -1.01. The fourth-order valence-electron chi connectivity index (χ4n) is 2.72. The first-order valence-corrected chi connectivity index (χ1v) is 6.68. The number of carbonyl (C=O) groups excluding carboxylic acids is 1. The third-order valence-corrected chi connectivity index (χ3v) is 3.79. The first-order valence-electron chi connectivity index (χ1n) is 6.68. The molecule has 17 heavy (non-hydrogen) atoms. The predicted molar refractivity (Wildman–Crippen MR) is 63.6 cm³/mol. The van der Waals surface area contributed by atoms with Gasteiger partial charge >= 0.3 is 5.97 Å². The quantitative estimate of drug-likeness (QED) is 0.747. The van der Waals surface area contributed by atoms with Gasteiger partial charge in [0.15, 0.2) is 0 Å². The normalized spacial score (nSPS) is 21.2. The number of hydrogen-bond donors (Lipinski definition) is 1. The molecule has 0 aromatic rings. The van der Waals surface area contributed by atoms with Crippen molar-refractivity contribution < 1.29 is 14.7 Å². The highest BCUT2D eigenvalue weighted by atomic mass is 16.4. The number of amides is 1. The van der Waals surface area contributed by atoms with Crippen molar-refractivity contribution in [3.63, 3.8) is 0 Å². The second-order valence-electron chi connectivity index (χ2n) is 5.35. The van der Waals surface area contributed by atoms with Crippen LogP contribution in [0.5, 0.6) is 0 Å². The summed E-state index contributed by atoms with van der Waals surface area (Å²) < 4.78 is 0. The standard InChI is InChI=1S/C13H21NO3/c15-12(8-13(16)17)14(11-6-7-11)9-10-4-2-1-3-5-10/h10-11H,1-9H2,(H,16,17). The van der Waals surface area contributed by atoms with Crippen molar-refractivity contribution in [3.8, 4) is 0 Å². The number of carboxylic acids is 1. The molecule has 96 valence electrons. The lowest BCUT2D eigenvalue weighted by molar-refractivity contribution is -0.144. The summed E-state index contributed by atoms with van der Waals surface area (Å²) in [6.07, 6.45) is 7.99. The summed E-state index contributed by atoms with van der Waals surface area (Å²) in [5, 5.41) is 8.69. The van der Waals surface area contributed by atoms with E-state index in [2.05, 4.69) is 0 Å². The van der Waals surface area contributed by atoms with Crippen molar-refractivity contribution in [2.24, 2.45) is 5.92 Å². The number of rotatable bonds is 5. The van der Waals surface area contributed by atoms with Crippen LogP contribution in [0.15, 0.2) is 0 Å². The molecule has 1 amide bonds. The second-order valence-corrected chi connectivity index (χ2v) is 5.35. The van der Waals surface area contributed by atoms with Crippen LogP contribution in [0.4, 0.5) is 0 Å². The Morgan fingerprint density at radius 2 is 1.71 bits per heavy atom. The second kappa shape index (κ2) is 5.52. The Kier molecular flexibility index (Phi) is 4.02. The summed E-state index contributed by atoms with van der Waals surface area (Å²) in [7, 11) is 0. The average molecular weight is 239 g/mol. The summed E-state index contributed by atoms with van der Waals surface area (Å²) in [6.45, 7) is 0.788. The first kappa shape index (κ1) is 12.4. The molecule has 2 aliphatic carbocycles. The highest BCUT2D eigenvalue weighted by molar-refractivity contribution is 5.93. The summed E-state index contributed by atoms with van der Waals surface area (Å²) >= 11 is 0. The molecule has 0 saturated heterocycles. The largest absolute Gasteiger partial charge is 0.481 e.